The van der Waals surface area contributed by atoms with Gasteiger partial charge in [-0.2, -0.15) is 0 Å². The summed E-state index contributed by atoms with van der Waals surface area (Å²) in [5.74, 6) is 0.627. The highest BCUT2D eigenvalue weighted by Crippen LogP contribution is 2.22. The molecule has 1 N–H and O–H groups in total. The number of halogens is 1. The highest BCUT2D eigenvalue weighted by Gasteiger charge is 2.33. The van der Waals surface area contributed by atoms with Gasteiger partial charge >= 0.3 is 0 Å². The van der Waals surface area contributed by atoms with Crippen molar-refractivity contribution < 1.29 is 9.59 Å². The maximum absolute atomic E-state index is 12.6. The second-order valence-corrected chi connectivity index (χ2v) is 7.44. The van der Waals surface area contributed by atoms with Gasteiger partial charge in [0.1, 0.15) is 0 Å². The summed E-state index contributed by atoms with van der Waals surface area (Å²) in [6.07, 6.45) is 1.87. The summed E-state index contributed by atoms with van der Waals surface area (Å²) in [5.41, 5.74) is -0.337. The van der Waals surface area contributed by atoms with Gasteiger partial charge < -0.3 is 15.1 Å². The van der Waals surface area contributed by atoms with E-state index in [1.165, 1.54) is 0 Å². The first kappa shape index (κ1) is 19.2. The average Bonchev–Trinajstić information content (AvgIpc) is 2.45. The molecule has 2 aliphatic rings. The van der Waals surface area contributed by atoms with Crippen LogP contribution in [0.5, 0.6) is 0 Å². The molecule has 2 aliphatic heterocycles. The van der Waals surface area contributed by atoms with Crippen molar-refractivity contribution in [2.45, 2.75) is 46.6 Å². The molecule has 6 heteroatoms. The Bertz CT molecular complexity index is 401. The molecule has 0 unspecified atom stereocenters. The molecular formula is C16H30ClN3O2. The van der Waals surface area contributed by atoms with E-state index in [4.69, 9.17) is 0 Å². The number of piperidine rings is 1. The van der Waals surface area contributed by atoms with Crippen LogP contribution >= 0.6 is 12.4 Å². The highest BCUT2D eigenvalue weighted by molar-refractivity contribution is 5.85. The Labute approximate surface area is 140 Å². The van der Waals surface area contributed by atoms with E-state index in [0.29, 0.717) is 32.2 Å². The van der Waals surface area contributed by atoms with Crippen molar-refractivity contribution in [3.05, 3.63) is 0 Å². The van der Waals surface area contributed by atoms with Gasteiger partial charge in [0.2, 0.25) is 11.8 Å². The molecule has 2 rings (SSSR count). The summed E-state index contributed by atoms with van der Waals surface area (Å²) >= 11 is 0. The molecule has 0 aliphatic carbocycles. The molecule has 2 amide bonds. The average molecular weight is 332 g/mol. The predicted octanol–water partition coefficient (Wildman–Crippen LogP) is 1.51. The molecule has 0 saturated carbocycles. The Morgan fingerprint density at radius 2 is 1.59 bits per heavy atom. The number of nitrogens with zero attached hydrogens (tertiary/aromatic N) is 2. The van der Waals surface area contributed by atoms with Gasteiger partial charge in [0.25, 0.3) is 0 Å². The Kier molecular flexibility index (Phi) is 6.68. The lowest BCUT2D eigenvalue weighted by molar-refractivity contribution is -0.146. The fourth-order valence-electron chi connectivity index (χ4n) is 3.22. The summed E-state index contributed by atoms with van der Waals surface area (Å²) in [6, 6.07) is 0.427. The van der Waals surface area contributed by atoms with Crippen LogP contribution in [0.4, 0.5) is 0 Å². The Morgan fingerprint density at radius 1 is 1.05 bits per heavy atom. The predicted molar refractivity (Wildman–Crippen MR) is 90.1 cm³/mol. The maximum Gasteiger partial charge on any atom is 0.228 e. The molecular weight excluding hydrogens is 302 g/mol. The summed E-state index contributed by atoms with van der Waals surface area (Å²) < 4.78 is 0. The fourth-order valence-corrected chi connectivity index (χ4v) is 3.22. The highest BCUT2D eigenvalue weighted by atomic mass is 35.5. The van der Waals surface area contributed by atoms with Crippen LogP contribution in [0, 0.1) is 11.3 Å². The Morgan fingerprint density at radius 3 is 2.09 bits per heavy atom. The summed E-state index contributed by atoms with van der Waals surface area (Å²) in [5, 5.41) is 3.38. The number of nitrogens with one attached hydrogen (secondary N) is 1. The van der Waals surface area contributed by atoms with Crippen molar-refractivity contribution in [1.82, 2.24) is 15.1 Å². The monoisotopic (exact) mass is 331 g/mol. The molecule has 2 heterocycles. The number of carbonyl (C=O) groups excluding carboxylic acids is 2. The summed E-state index contributed by atoms with van der Waals surface area (Å²) in [4.78, 5) is 28.7. The van der Waals surface area contributed by atoms with E-state index in [0.717, 1.165) is 19.4 Å². The summed E-state index contributed by atoms with van der Waals surface area (Å²) in [7, 11) is 0. The van der Waals surface area contributed by atoms with Crippen LogP contribution < -0.4 is 5.32 Å². The third-order valence-corrected chi connectivity index (χ3v) is 4.49. The minimum atomic E-state index is -0.337. The number of carbonyl (C=O) groups is 2. The zero-order chi connectivity index (χ0) is 15.6. The Hall–Kier alpha value is -0.810. The molecule has 22 heavy (non-hydrogen) atoms. The van der Waals surface area contributed by atoms with E-state index in [1.54, 1.807) is 0 Å². The van der Waals surface area contributed by atoms with Crippen molar-refractivity contribution in [2.24, 2.45) is 11.3 Å². The van der Waals surface area contributed by atoms with Crippen LogP contribution in [-0.4, -0.2) is 60.4 Å². The normalized spacial score (nSPS) is 26.4. The second kappa shape index (κ2) is 7.64. The number of hydrogen-bond acceptors (Lipinski definition) is 3. The van der Waals surface area contributed by atoms with Crippen molar-refractivity contribution in [3.63, 3.8) is 0 Å². The molecule has 2 fully saturated rings. The van der Waals surface area contributed by atoms with E-state index in [2.05, 4.69) is 12.2 Å². The smallest absolute Gasteiger partial charge is 0.228 e. The molecule has 0 aromatic rings. The number of piperazine rings is 1. The molecule has 5 nitrogen and oxygen atoms in total. The largest absolute Gasteiger partial charge is 0.339 e. The zero-order valence-electron chi connectivity index (χ0n) is 14.2. The topological polar surface area (TPSA) is 52.7 Å². The molecule has 2 saturated heterocycles. The van der Waals surface area contributed by atoms with E-state index < -0.39 is 0 Å². The first-order chi connectivity index (χ1) is 9.79. The number of hydrogen-bond donors (Lipinski definition) is 1. The molecule has 2 atom stereocenters. The van der Waals surface area contributed by atoms with E-state index in [-0.39, 0.29) is 35.6 Å². The standard InChI is InChI=1S/C16H29N3O2.ClH/c1-12-11-13(5-6-17-12)14(20)18-7-9-19(10-8-18)15(21)16(2,3)4;/h12-13,17H,5-11H2,1-4H3;1H/t12-,13-;/m0./s1. The first-order valence-electron chi connectivity index (χ1n) is 8.10. The van der Waals surface area contributed by atoms with Crippen LogP contribution in [0.1, 0.15) is 40.5 Å². The number of amides is 2. The van der Waals surface area contributed by atoms with Crippen molar-refractivity contribution in [2.75, 3.05) is 32.7 Å². The Balaban J connectivity index is 0.00000242. The third kappa shape index (κ3) is 4.59. The molecule has 128 valence electrons. The molecule has 0 aromatic heterocycles. The van der Waals surface area contributed by atoms with Crippen molar-refractivity contribution in [3.8, 4) is 0 Å². The number of rotatable bonds is 1. The van der Waals surface area contributed by atoms with E-state index in [1.807, 2.05) is 30.6 Å². The van der Waals surface area contributed by atoms with Gasteiger partial charge in [-0.05, 0) is 26.3 Å². The lowest BCUT2D eigenvalue weighted by Crippen LogP contribution is -2.55. The molecule has 0 aromatic carbocycles. The van der Waals surface area contributed by atoms with Gasteiger partial charge in [-0.15, -0.1) is 12.4 Å². The lowest BCUT2D eigenvalue weighted by atomic mass is 9.91. The third-order valence-electron chi connectivity index (χ3n) is 4.49. The SMILES string of the molecule is C[C@H]1C[C@@H](C(=O)N2CCN(C(=O)C(C)(C)C)CC2)CCN1.Cl. The molecule has 0 spiro atoms. The maximum atomic E-state index is 12.6. The quantitative estimate of drug-likeness (QED) is 0.792. The van der Waals surface area contributed by atoms with Crippen molar-refractivity contribution >= 4 is 24.2 Å². The lowest BCUT2D eigenvalue weighted by Gasteiger charge is -2.39. The zero-order valence-corrected chi connectivity index (χ0v) is 15.0. The van der Waals surface area contributed by atoms with E-state index >= 15 is 0 Å². The second-order valence-electron chi connectivity index (χ2n) is 7.44. The van der Waals surface area contributed by atoms with Gasteiger partial charge in [-0.25, -0.2) is 0 Å². The molecule has 0 radical (unpaired) electrons. The van der Waals surface area contributed by atoms with Crippen LogP contribution in [0.15, 0.2) is 0 Å². The van der Waals surface area contributed by atoms with Gasteiger partial charge in [-0.3, -0.25) is 9.59 Å². The summed E-state index contributed by atoms with van der Waals surface area (Å²) in [6.45, 7) is 11.6. The van der Waals surface area contributed by atoms with Gasteiger partial charge in [0, 0.05) is 43.6 Å². The van der Waals surface area contributed by atoms with Crippen LogP contribution in [0.3, 0.4) is 0 Å². The van der Waals surface area contributed by atoms with Gasteiger partial charge in [-0.1, -0.05) is 20.8 Å². The van der Waals surface area contributed by atoms with Crippen LogP contribution in [0.2, 0.25) is 0 Å². The minimum absolute atomic E-state index is 0. The van der Waals surface area contributed by atoms with Crippen LogP contribution in [0.25, 0.3) is 0 Å². The fraction of sp³-hybridized carbons (Fsp3) is 0.875. The van der Waals surface area contributed by atoms with E-state index in [9.17, 15) is 9.59 Å². The van der Waals surface area contributed by atoms with Gasteiger partial charge in [0.05, 0.1) is 0 Å². The van der Waals surface area contributed by atoms with Crippen molar-refractivity contribution in [1.29, 1.82) is 0 Å². The first-order valence-corrected chi connectivity index (χ1v) is 8.10. The molecule has 0 bridgehead atoms. The minimum Gasteiger partial charge on any atom is -0.339 e. The van der Waals surface area contributed by atoms with Crippen LogP contribution in [-0.2, 0) is 9.59 Å². The van der Waals surface area contributed by atoms with Gasteiger partial charge in [0.15, 0.2) is 0 Å².